The van der Waals surface area contributed by atoms with Crippen LogP contribution < -0.4 is 15.2 Å². The van der Waals surface area contributed by atoms with Gasteiger partial charge in [-0.1, -0.05) is 13.8 Å². The fourth-order valence-corrected chi connectivity index (χ4v) is 3.93. The number of nitrogens with zero attached hydrogens (tertiary/aromatic N) is 2. The molecular weight excluding hydrogens is 366 g/mol. The molecule has 0 saturated heterocycles. The van der Waals surface area contributed by atoms with E-state index in [1.54, 1.807) is 0 Å². The Morgan fingerprint density at radius 1 is 1.29 bits per heavy atom. The number of ether oxygens (including phenoxy) is 3. The van der Waals surface area contributed by atoms with Gasteiger partial charge >= 0.3 is 0 Å². The minimum Gasteiger partial charge on any atom is -0.454 e. The van der Waals surface area contributed by atoms with E-state index in [2.05, 4.69) is 0 Å². The molecule has 9 nitrogen and oxygen atoms in total. The zero-order valence-corrected chi connectivity index (χ0v) is 15.3. The first-order valence-electron chi connectivity index (χ1n) is 8.63. The van der Waals surface area contributed by atoms with Crippen molar-refractivity contribution in [3.05, 3.63) is 50.6 Å². The first-order valence-corrected chi connectivity index (χ1v) is 8.63. The average molecular weight is 383 g/mol. The van der Waals surface area contributed by atoms with Crippen molar-refractivity contribution in [1.82, 2.24) is 0 Å². The number of nitriles is 1. The van der Waals surface area contributed by atoms with E-state index >= 15 is 0 Å². The Morgan fingerprint density at radius 2 is 1.96 bits per heavy atom. The highest BCUT2D eigenvalue weighted by atomic mass is 16.7. The van der Waals surface area contributed by atoms with Gasteiger partial charge in [0.2, 0.25) is 12.7 Å². The highest BCUT2D eigenvalue weighted by molar-refractivity contribution is 6.00. The molecule has 3 aliphatic rings. The molecule has 2 heterocycles. The number of rotatable bonds is 2. The second-order valence-corrected chi connectivity index (χ2v) is 7.72. The molecule has 1 aromatic rings. The van der Waals surface area contributed by atoms with Gasteiger partial charge in [-0.3, -0.25) is 14.9 Å². The Hall–Kier alpha value is -3.54. The number of nitro groups is 1. The summed E-state index contributed by atoms with van der Waals surface area (Å²) in [6.45, 7) is 3.79. The number of ketones is 1. The molecule has 28 heavy (non-hydrogen) atoms. The molecule has 0 aromatic heterocycles. The van der Waals surface area contributed by atoms with Gasteiger partial charge in [0.25, 0.3) is 5.69 Å². The summed E-state index contributed by atoms with van der Waals surface area (Å²) in [4.78, 5) is 24.1. The molecule has 0 spiro atoms. The fourth-order valence-electron chi connectivity index (χ4n) is 3.93. The molecule has 0 saturated carbocycles. The van der Waals surface area contributed by atoms with Crippen molar-refractivity contribution in [2.24, 2.45) is 11.1 Å². The van der Waals surface area contributed by atoms with Gasteiger partial charge in [0.15, 0.2) is 17.3 Å². The maximum atomic E-state index is 13.0. The second kappa shape index (κ2) is 5.99. The van der Waals surface area contributed by atoms with E-state index in [9.17, 15) is 20.2 Å². The van der Waals surface area contributed by atoms with Crippen LogP contribution in [-0.2, 0) is 9.53 Å². The number of nitro benzene ring substituents is 1. The Labute approximate surface area is 160 Å². The van der Waals surface area contributed by atoms with Crippen LogP contribution in [0.5, 0.6) is 11.5 Å². The summed E-state index contributed by atoms with van der Waals surface area (Å²) < 4.78 is 16.2. The van der Waals surface area contributed by atoms with Gasteiger partial charge in [0.1, 0.15) is 17.4 Å². The molecule has 1 aliphatic carbocycles. The summed E-state index contributed by atoms with van der Waals surface area (Å²) in [5.74, 6) is -0.453. The molecule has 9 heteroatoms. The Balaban J connectivity index is 1.97. The van der Waals surface area contributed by atoms with Crippen LogP contribution in [0.1, 0.15) is 38.2 Å². The van der Waals surface area contributed by atoms with Crippen molar-refractivity contribution < 1.29 is 23.9 Å². The summed E-state index contributed by atoms with van der Waals surface area (Å²) in [5, 5.41) is 21.4. The van der Waals surface area contributed by atoms with Gasteiger partial charge in [-0.2, -0.15) is 5.26 Å². The largest absolute Gasteiger partial charge is 0.454 e. The number of Topliss-reactive ketones (excluding diaryl/α,β-unsaturated/α-hetero) is 1. The molecular formula is C19H17N3O6. The Kier molecular flexibility index (Phi) is 3.82. The highest BCUT2D eigenvalue weighted by Gasteiger charge is 2.45. The van der Waals surface area contributed by atoms with Crippen LogP contribution >= 0.6 is 0 Å². The monoisotopic (exact) mass is 383 g/mol. The first-order chi connectivity index (χ1) is 13.2. The highest BCUT2D eigenvalue weighted by Crippen LogP contribution is 2.51. The lowest BCUT2D eigenvalue weighted by molar-refractivity contribution is -0.385. The molecule has 1 aromatic carbocycles. The number of nitrogens with two attached hydrogens (primary N) is 1. The lowest BCUT2D eigenvalue weighted by Crippen LogP contribution is -2.33. The summed E-state index contributed by atoms with van der Waals surface area (Å²) in [5.41, 5.74) is 5.70. The standard InChI is InChI=1S/C19H17N3O6/c1-19(2)5-12(23)17-15(6-19)28-18(21)10(7-20)16(17)9-3-13-14(27-8-26-13)4-11(9)22(24)25/h3-4,16H,5-6,8,21H2,1-2H3/t16-/m1/s1. The molecule has 0 radical (unpaired) electrons. The normalized spacial score (nSPS) is 22.5. The van der Waals surface area contributed by atoms with Crippen LogP contribution in [0.15, 0.2) is 34.9 Å². The molecule has 0 unspecified atom stereocenters. The van der Waals surface area contributed by atoms with Crippen molar-refractivity contribution in [2.45, 2.75) is 32.6 Å². The second-order valence-electron chi connectivity index (χ2n) is 7.72. The van der Waals surface area contributed by atoms with Crippen LogP contribution in [0.3, 0.4) is 0 Å². The third-order valence-corrected chi connectivity index (χ3v) is 5.11. The molecule has 144 valence electrons. The molecule has 4 rings (SSSR count). The minimum atomic E-state index is -0.993. The SMILES string of the molecule is CC1(C)CC(=O)C2=C(C1)OC(N)=C(C#N)[C@H]2c1cc2c(cc1[N+](=O)[O-])OCO2. The van der Waals surface area contributed by atoms with Gasteiger partial charge in [0, 0.05) is 24.0 Å². The van der Waals surface area contributed by atoms with Crippen molar-refractivity contribution in [3.8, 4) is 17.6 Å². The predicted octanol–water partition coefficient (Wildman–Crippen LogP) is 2.77. The summed E-state index contributed by atoms with van der Waals surface area (Å²) in [6.07, 6.45) is 0.672. The molecule has 0 bridgehead atoms. The zero-order valence-electron chi connectivity index (χ0n) is 15.3. The lowest BCUT2D eigenvalue weighted by Gasteiger charge is -2.37. The lowest BCUT2D eigenvalue weighted by atomic mass is 9.70. The van der Waals surface area contributed by atoms with E-state index in [-0.39, 0.29) is 58.4 Å². The number of hydrogen-bond acceptors (Lipinski definition) is 8. The molecule has 0 amide bonds. The Bertz CT molecular complexity index is 1030. The van der Waals surface area contributed by atoms with Gasteiger partial charge in [-0.05, 0) is 11.5 Å². The van der Waals surface area contributed by atoms with Crippen LogP contribution in [0.4, 0.5) is 5.69 Å². The molecule has 2 N–H and O–H groups in total. The van der Waals surface area contributed by atoms with Crippen molar-refractivity contribution in [3.63, 3.8) is 0 Å². The van der Waals surface area contributed by atoms with Crippen molar-refractivity contribution >= 4 is 11.5 Å². The Morgan fingerprint density at radius 3 is 2.61 bits per heavy atom. The average Bonchev–Trinajstić information content (AvgIpc) is 3.05. The third kappa shape index (κ3) is 2.65. The quantitative estimate of drug-likeness (QED) is 0.608. The summed E-state index contributed by atoms with van der Waals surface area (Å²) in [6, 6.07) is 4.65. The number of carbonyl (C=O) groups excluding carboxylic acids is 1. The van der Waals surface area contributed by atoms with E-state index in [1.807, 2.05) is 19.9 Å². The topological polar surface area (TPSA) is 138 Å². The number of carbonyl (C=O) groups is 1. The minimum absolute atomic E-state index is 0.0335. The van der Waals surface area contributed by atoms with E-state index < -0.39 is 10.8 Å². The van der Waals surface area contributed by atoms with Crippen molar-refractivity contribution in [2.75, 3.05) is 6.79 Å². The maximum absolute atomic E-state index is 13.0. The number of allylic oxidation sites excluding steroid dienone is 3. The molecule has 2 aliphatic heterocycles. The van der Waals surface area contributed by atoms with Crippen molar-refractivity contribution in [1.29, 1.82) is 5.26 Å². The zero-order chi connectivity index (χ0) is 20.2. The van der Waals surface area contributed by atoms with Crippen LogP contribution in [-0.4, -0.2) is 17.5 Å². The van der Waals surface area contributed by atoms with Gasteiger partial charge in [-0.25, -0.2) is 0 Å². The van der Waals surface area contributed by atoms with Crippen LogP contribution in [0.2, 0.25) is 0 Å². The van der Waals surface area contributed by atoms with Crippen LogP contribution in [0, 0.1) is 26.9 Å². The maximum Gasteiger partial charge on any atom is 0.277 e. The fraction of sp³-hybridized carbons (Fsp3) is 0.368. The molecule has 0 fully saturated rings. The van der Waals surface area contributed by atoms with Gasteiger partial charge < -0.3 is 19.9 Å². The number of benzene rings is 1. The van der Waals surface area contributed by atoms with Crippen LogP contribution in [0.25, 0.3) is 0 Å². The van der Waals surface area contributed by atoms with Gasteiger partial charge in [0.05, 0.1) is 16.9 Å². The number of fused-ring (bicyclic) bond motifs is 1. The predicted molar refractivity (Wildman–Crippen MR) is 94.9 cm³/mol. The smallest absolute Gasteiger partial charge is 0.277 e. The third-order valence-electron chi connectivity index (χ3n) is 5.11. The first kappa shape index (κ1) is 17.9. The molecule has 1 atom stereocenters. The summed E-state index contributed by atoms with van der Waals surface area (Å²) in [7, 11) is 0. The van der Waals surface area contributed by atoms with E-state index in [0.717, 1.165) is 0 Å². The van der Waals surface area contributed by atoms with E-state index in [1.165, 1.54) is 12.1 Å². The summed E-state index contributed by atoms with van der Waals surface area (Å²) >= 11 is 0. The number of hydrogen-bond donors (Lipinski definition) is 1. The van der Waals surface area contributed by atoms with E-state index in [4.69, 9.17) is 19.9 Å². The van der Waals surface area contributed by atoms with E-state index in [0.29, 0.717) is 17.9 Å². The van der Waals surface area contributed by atoms with Gasteiger partial charge in [-0.15, -0.1) is 0 Å².